The number of aromatic nitrogens is 2. The molecule has 0 saturated heterocycles. The maximum absolute atomic E-state index is 5.68. The molecule has 0 amide bonds. The van der Waals surface area contributed by atoms with E-state index in [1.165, 1.54) is 0 Å². The van der Waals surface area contributed by atoms with Gasteiger partial charge in [0.15, 0.2) is 0 Å². The van der Waals surface area contributed by atoms with Crippen molar-refractivity contribution in [1.29, 1.82) is 0 Å². The molecule has 0 fully saturated rings. The highest BCUT2D eigenvalue weighted by molar-refractivity contribution is 6.16. The average molecular weight is 265 g/mol. The van der Waals surface area contributed by atoms with Crippen LogP contribution >= 0.6 is 11.6 Å². The Morgan fingerprint density at radius 3 is 2.50 bits per heavy atom. The van der Waals surface area contributed by atoms with E-state index < -0.39 is 0 Å². The molecule has 18 heavy (non-hydrogen) atoms. The van der Waals surface area contributed by atoms with E-state index in [2.05, 4.69) is 9.97 Å². The summed E-state index contributed by atoms with van der Waals surface area (Å²) in [6.45, 7) is 2.58. The highest BCUT2D eigenvalue weighted by atomic mass is 35.5. The lowest BCUT2D eigenvalue weighted by molar-refractivity contribution is 0.339. The lowest BCUT2D eigenvalue weighted by Crippen LogP contribution is -1.94. The summed E-state index contributed by atoms with van der Waals surface area (Å²) in [5.41, 5.74) is 0.681. The first-order valence-electron chi connectivity index (χ1n) is 5.59. The molecule has 5 heteroatoms. The van der Waals surface area contributed by atoms with Gasteiger partial charge in [0.05, 0.1) is 24.4 Å². The van der Waals surface area contributed by atoms with E-state index in [9.17, 15) is 0 Å². The smallest absolute Gasteiger partial charge is 0.238 e. The van der Waals surface area contributed by atoms with Crippen LogP contribution in [0, 0.1) is 0 Å². The van der Waals surface area contributed by atoms with Gasteiger partial charge in [0, 0.05) is 6.20 Å². The normalized spacial score (nSPS) is 10.1. The lowest BCUT2D eigenvalue weighted by Gasteiger charge is -2.06. The molecule has 0 aliphatic heterocycles. The number of hydrogen-bond donors (Lipinski definition) is 0. The molecule has 1 aromatic heterocycles. The summed E-state index contributed by atoms with van der Waals surface area (Å²) in [6.07, 6.45) is 3.16. The Morgan fingerprint density at radius 1 is 1.11 bits per heavy atom. The summed E-state index contributed by atoms with van der Waals surface area (Å²) in [5, 5.41) is 0. The van der Waals surface area contributed by atoms with Crippen molar-refractivity contribution >= 4 is 11.6 Å². The zero-order valence-corrected chi connectivity index (χ0v) is 10.7. The number of benzene rings is 1. The fraction of sp³-hybridized carbons (Fsp3) is 0.231. The Morgan fingerprint density at radius 2 is 1.83 bits per heavy atom. The molecule has 1 aromatic carbocycles. The van der Waals surface area contributed by atoms with Gasteiger partial charge in [-0.3, -0.25) is 4.98 Å². The molecule has 2 aromatic rings. The molecule has 4 nitrogen and oxygen atoms in total. The van der Waals surface area contributed by atoms with Gasteiger partial charge in [0.1, 0.15) is 11.5 Å². The van der Waals surface area contributed by atoms with Gasteiger partial charge in [-0.2, -0.15) is 0 Å². The van der Waals surface area contributed by atoms with Crippen molar-refractivity contribution in [3.05, 3.63) is 42.4 Å². The van der Waals surface area contributed by atoms with Crippen LogP contribution in [0.2, 0.25) is 0 Å². The topological polar surface area (TPSA) is 44.2 Å². The minimum Gasteiger partial charge on any atom is -0.494 e. The monoisotopic (exact) mass is 264 g/mol. The van der Waals surface area contributed by atoms with Gasteiger partial charge in [-0.1, -0.05) is 0 Å². The first-order chi connectivity index (χ1) is 8.81. The van der Waals surface area contributed by atoms with E-state index in [4.69, 9.17) is 21.1 Å². The van der Waals surface area contributed by atoms with Gasteiger partial charge in [-0.15, -0.1) is 11.6 Å². The molecule has 1 heterocycles. The number of halogens is 1. The molecule has 0 radical (unpaired) electrons. The summed E-state index contributed by atoms with van der Waals surface area (Å²) in [4.78, 5) is 8.20. The molecule has 2 rings (SSSR count). The average Bonchev–Trinajstić information content (AvgIpc) is 2.42. The van der Waals surface area contributed by atoms with Gasteiger partial charge in [0.25, 0.3) is 0 Å². The maximum Gasteiger partial charge on any atom is 0.238 e. The predicted molar refractivity (Wildman–Crippen MR) is 69.3 cm³/mol. The van der Waals surface area contributed by atoms with Crippen molar-refractivity contribution in [3.8, 4) is 17.4 Å². The van der Waals surface area contributed by atoms with Gasteiger partial charge < -0.3 is 9.47 Å². The molecule has 94 valence electrons. The highest BCUT2D eigenvalue weighted by Gasteiger charge is 2.01. The van der Waals surface area contributed by atoms with Crippen LogP contribution in [-0.4, -0.2) is 16.6 Å². The second kappa shape index (κ2) is 6.21. The summed E-state index contributed by atoms with van der Waals surface area (Å²) < 4.78 is 10.9. The third-order valence-electron chi connectivity index (χ3n) is 2.16. The van der Waals surface area contributed by atoms with Crippen LogP contribution in [0.3, 0.4) is 0 Å². The second-order valence-corrected chi connectivity index (χ2v) is 3.76. The first kappa shape index (κ1) is 12.6. The van der Waals surface area contributed by atoms with E-state index in [-0.39, 0.29) is 0 Å². The third kappa shape index (κ3) is 3.34. The van der Waals surface area contributed by atoms with Crippen molar-refractivity contribution in [1.82, 2.24) is 9.97 Å². The number of alkyl halides is 1. The largest absolute Gasteiger partial charge is 0.494 e. The number of nitrogens with zero attached hydrogens (tertiary/aromatic N) is 2. The van der Waals surface area contributed by atoms with Crippen molar-refractivity contribution in [2.75, 3.05) is 6.61 Å². The zero-order valence-electron chi connectivity index (χ0n) is 9.97. The van der Waals surface area contributed by atoms with Crippen LogP contribution < -0.4 is 9.47 Å². The van der Waals surface area contributed by atoms with E-state index >= 15 is 0 Å². The van der Waals surface area contributed by atoms with Gasteiger partial charge in [-0.25, -0.2) is 4.98 Å². The number of hydrogen-bond acceptors (Lipinski definition) is 4. The number of ether oxygens (including phenoxy) is 2. The summed E-state index contributed by atoms with van der Waals surface area (Å²) in [5.74, 6) is 2.23. The molecule has 0 aliphatic rings. The van der Waals surface area contributed by atoms with E-state index in [0.29, 0.717) is 29.8 Å². The van der Waals surface area contributed by atoms with Gasteiger partial charge in [0.2, 0.25) is 5.88 Å². The van der Waals surface area contributed by atoms with E-state index in [1.807, 2.05) is 31.2 Å². The Hall–Kier alpha value is -1.81. The predicted octanol–water partition coefficient (Wildman–Crippen LogP) is 3.41. The van der Waals surface area contributed by atoms with Crippen LogP contribution in [0.15, 0.2) is 36.7 Å². The number of rotatable bonds is 5. The summed E-state index contributed by atoms with van der Waals surface area (Å²) in [7, 11) is 0. The van der Waals surface area contributed by atoms with Crippen molar-refractivity contribution < 1.29 is 9.47 Å². The molecular formula is C13H13ClN2O2. The quantitative estimate of drug-likeness (QED) is 0.777. The van der Waals surface area contributed by atoms with Crippen LogP contribution in [-0.2, 0) is 5.88 Å². The highest BCUT2D eigenvalue weighted by Crippen LogP contribution is 2.22. The maximum atomic E-state index is 5.68. The molecule has 0 atom stereocenters. The minimum absolute atomic E-state index is 0.313. The Labute approximate surface area is 111 Å². The lowest BCUT2D eigenvalue weighted by atomic mass is 10.3. The molecular weight excluding hydrogens is 252 g/mol. The van der Waals surface area contributed by atoms with E-state index in [1.54, 1.807) is 12.4 Å². The Bertz CT molecular complexity index is 503. The van der Waals surface area contributed by atoms with Crippen molar-refractivity contribution in [3.63, 3.8) is 0 Å². The molecule has 0 saturated carbocycles. The zero-order chi connectivity index (χ0) is 12.8. The van der Waals surface area contributed by atoms with Gasteiger partial charge in [-0.05, 0) is 31.2 Å². The minimum atomic E-state index is 0.313. The van der Waals surface area contributed by atoms with Crippen LogP contribution in [0.1, 0.15) is 12.6 Å². The molecule has 0 bridgehead atoms. The third-order valence-corrected chi connectivity index (χ3v) is 2.43. The summed E-state index contributed by atoms with van der Waals surface area (Å²) >= 11 is 5.68. The molecule has 0 unspecified atom stereocenters. The van der Waals surface area contributed by atoms with E-state index in [0.717, 1.165) is 5.75 Å². The van der Waals surface area contributed by atoms with Crippen LogP contribution in [0.25, 0.3) is 0 Å². The molecule has 0 spiro atoms. The van der Waals surface area contributed by atoms with Crippen LogP contribution in [0.4, 0.5) is 0 Å². The van der Waals surface area contributed by atoms with Gasteiger partial charge >= 0.3 is 0 Å². The second-order valence-electron chi connectivity index (χ2n) is 3.49. The fourth-order valence-corrected chi connectivity index (χ4v) is 1.52. The van der Waals surface area contributed by atoms with Crippen LogP contribution in [0.5, 0.6) is 17.4 Å². The molecule has 0 aliphatic carbocycles. The van der Waals surface area contributed by atoms with Crippen molar-refractivity contribution in [2.45, 2.75) is 12.8 Å². The Balaban J connectivity index is 2.08. The standard InChI is InChI=1S/C13H13ClN2O2/c1-2-17-11-3-5-12(6-4-11)18-13-9-15-8-10(7-14)16-13/h3-6,8-9H,2,7H2,1H3. The Kier molecular flexibility index (Phi) is 4.36. The SMILES string of the molecule is CCOc1ccc(Oc2cncc(CCl)n2)cc1. The van der Waals surface area contributed by atoms with Crippen molar-refractivity contribution in [2.24, 2.45) is 0 Å². The summed E-state index contributed by atoms with van der Waals surface area (Å²) in [6, 6.07) is 7.33. The fourth-order valence-electron chi connectivity index (χ4n) is 1.39. The molecule has 0 N–H and O–H groups in total. The first-order valence-corrected chi connectivity index (χ1v) is 6.13.